The second kappa shape index (κ2) is 32.1. The van der Waals surface area contributed by atoms with Crippen LogP contribution in [0.3, 0.4) is 0 Å². The van der Waals surface area contributed by atoms with Gasteiger partial charge in [-0.25, -0.2) is 0 Å². The maximum Gasteiger partial charge on any atom is 0.0601 e. The average Bonchev–Trinajstić information content (AvgIpc) is 3.12. The highest BCUT2D eigenvalue weighted by Gasteiger charge is 2.21. The normalized spacial score (nSPS) is 11.9. The van der Waals surface area contributed by atoms with E-state index in [-0.39, 0.29) is 0 Å². The summed E-state index contributed by atoms with van der Waals surface area (Å²) >= 11 is 0. The highest BCUT2D eigenvalue weighted by atomic mass is 15.2. The van der Waals surface area contributed by atoms with Crippen molar-refractivity contribution in [3.05, 3.63) is 71.8 Å². The van der Waals surface area contributed by atoms with Crippen LogP contribution in [-0.4, -0.2) is 18.0 Å². The van der Waals surface area contributed by atoms with Crippen molar-refractivity contribution in [2.45, 2.75) is 214 Å². The van der Waals surface area contributed by atoms with Crippen molar-refractivity contribution in [1.82, 2.24) is 4.90 Å². The van der Waals surface area contributed by atoms with Gasteiger partial charge in [-0.1, -0.05) is 255 Å². The molecule has 0 fully saturated rings. The smallest absolute Gasteiger partial charge is 0.0601 e. The van der Waals surface area contributed by atoms with E-state index in [1.54, 1.807) is 0 Å². The fourth-order valence-electron chi connectivity index (χ4n) is 7.88. The van der Waals surface area contributed by atoms with Crippen LogP contribution in [-0.2, 0) is 0 Å². The molecule has 1 heteroatoms. The molecule has 0 N–H and O–H groups in total. The first-order chi connectivity index (χ1) is 24.6. The van der Waals surface area contributed by atoms with Gasteiger partial charge in [0.05, 0.1) is 6.04 Å². The summed E-state index contributed by atoms with van der Waals surface area (Å²) in [5.74, 6) is 1.75. The van der Waals surface area contributed by atoms with Crippen molar-refractivity contribution in [2.75, 3.05) is 13.1 Å². The van der Waals surface area contributed by atoms with Gasteiger partial charge >= 0.3 is 0 Å². The predicted molar refractivity (Wildman–Crippen MR) is 225 cm³/mol. The van der Waals surface area contributed by atoms with E-state index < -0.39 is 0 Å². The third-order valence-electron chi connectivity index (χ3n) is 11.0. The van der Waals surface area contributed by atoms with Crippen LogP contribution in [0.5, 0.6) is 0 Å². The van der Waals surface area contributed by atoms with Crippen molar-refractivity contribution < 1.29 is 0 Å². The van der Waals surface area contributed by atoms with Gasteiger partial charge < -0.3 is 0 Å². The lowest BCUT2D eigenvalue weighted by Gasteiger charge is -2.33. The van der Waals surface area contributed by atoms with Crippen LogP contribution >= 0.6 is 0 Å². The molecule has 0 unspecified atom stereocenters. The maximum atomic E-state index is 2.83. The largest absolute Gasteiger partial charge is 0.292 e. The minimum Gasteiger partial charge on any atom is -0.292 e. The van der Waals surface area contributed by atoms with E-state index in [1.807, 2.05) is 0 Å². The van der Waals surface area contributed by atoms with Gasteiger partial charge in [0, 0.05) is 0 Å². The Hall–Kier alpha value is -1.60. The zero-order chi connectivity index (χ0) is 35.7. The van der Waals surface area contributed by atoms with Crippen LogP contribution in [0.4, 0.5) is 0 Å². The van der Waals surface area contributed by atoms with Crippen molar-refractivity contribution in [1.29, 1.82) is 0 Å². The standard InChI is InChI=1S/C49H85N/c1-45(2)37-29-23-19-15-11-7-5-9-13-17-21-25-35-43-50(49(47-39-31-27-32-40-47)48-41-33-28-34-42-48)44-36-26-22-18-14-10-6-8-12-16-20-24-30-38-46(3)4/h27-28,31-34,39-42,45-46,49H,5-26,29-30,35-38,43-44H2,1-4H3. The molecular formula is C49H85N. The summed E-state index contributed by atoms with van der Waals surface area (Å²) in [6, 6.07) is 23.0. The van der Waals surface area contributed by atoms with E-state index in [2.05, 4.69) is 93.3 Å². The summed E-state index contributed by atoms with van der Waals surface area (Å²) in [5, 5.41) is 0. The minimum absolute atomic E-state index is 0.364. The molecule has 2 aromatic carbocycles. The molecule has 0 heterocycles. The molecule has 2 aromatic rings. The van der Waals surface area contributed by atoms with E-state index in [0.29, 0.717) is 6.04 Å². The van der Waals surface area contributed by atoms with Gasteiger partial charge in [0.25, 0.3) is 0 Å². The van der Waals surface area contributed by atoms with Gasteiger partial charge in [-0.15, -0.1) is 0 Å². The topological polar surface area (TPSA) is 3.24 Å². The van der Waals surface area contributed by atoms with E-state index in [9.17, 15) is 0 Å². The number of nitrogens with zero attached hydrogens (tertiary/aromatic N) is 1. The lowest BCUT2D eigenvalue weighted by atomic mass is 9.96. The second-order valence-electron chi connectivity index (χ2n) is 16.8. The molecule has 0 aliphatic rings. The third-order valence-corrected chi connectivity index (χ3v) is 11.0. The summed E-state index contributed by atoms with van der Waals surface area (Å²) in [7, 11) is 0. The fourth-order valence-corrected chi connectivity index (χ4v) is 7.88. The molecule has 0 amide bonds. The highest BCUT2D eigenvalue weighted by molar-refractivity contribution is 5.31. The number of hydrogen-bond acceptors (Lipinski definition) is 1. The summed E-state index contributed by atoms with van der Waals surface area (Å²) < 4.78 is 0. The highest BCUT2D eigenvalue weighted by Crippen LogP contribution is 2.30. The zero-order valence-electron chi connectivity index (χ0n) is 34.2. The molecule has 286 valence electrons. The average molecular weight is 688 g/mol. The SMILES string of the molecule is CC(C)CCCCCCCCCCCCCCCN(CCCCCCCCCCCCCCCC(C)C)C(c1ccccc1)c1ccccc1. The number of hydrogen-bond donors (Lipinski definition) is 0. The van der Waals surface area contributed by atoms with Gasteiger partial charge in [-0.05, 0) is 48.9 Å². The number of unbranched alkanes of at least 4 members (excludes halogenated alkanes) is 24. The second-order valence-corrected chi connectivity index (χ2v) is 16.8. The molecule has 2 rings (SSSR count). The molecule has 1 nitrogen and oxygen atoms in total. The Morgan fingerprint density at radius 2 is 0.560 bits per heavy atom. The van der Waals surface area contributed by atoms with Gasteiger partial charge in [-0.2, -0.15) is 0 Å². The van der Waals surface area contributed by atoms with E-state index in [1.165, 1.54) is 204 Å². The molecule has 50 heavy (non-hydrogen) atoms. The number of rotatable bonds is 35. The first-order valence-electron chi connectivity index (χ1n) is 22.4. The van der Waals surface area contributed by atoms with Crippen molar-refractivity contribution in [3.8, 4) is 0 Å². The molecule has 0 radical (unpaired) electrons. The Morgan fingerprint density at radius 1 is 0.320 bits per heavy atom. The molecule has 0 saturated heterocycles. The predicted octanol–water partition coefficient (Wildman–Crippen LogP) is 16.3. The van der Waals surface area contributed by atoms with Gasteiger partial charge in [0.15, 0.2) is 0 Å². The molecule has 0 saturated carbocycles. The quantitative estimate of drug-likeness (QED) is 0.0652. The fraction of sp³-hybridized carbons (Fsp3) is 0.755. The van der Waals surface area contributed by atoms with Crippen LogP contribution in [0.1, 0.15) is 225 Å². The molecule has 0 bridgehead atoms. The number of benzene rings is 2. The zero-order valence-corrected chi connectivity index (χ0v) is 34.2. The van der Waals surface area contributed by atoms with Crippen molar-refractivity contribution in [3.63, 3.8) is 0 Å². The van der Waals surface area contributed by atoms with Crippen LogP contribution in [0.2, 0.25) is 0 Å². The lowest BCUT2D eigenvalue weighted by Crippen LogP contribution is -2.31. The van der Waals surface area contributed by atoms with Gasteiger partial charge in [0.1, 0.15) is 0 Å². The third kappa shape index (κ3) is 24.6. The molecule has 0 atom stereocenters. The Balaban J connectivity index is 1.64. The monoisotopic (exact) mass is 688 g/mol. The van der Waals surface area contributed by atoms with Crippen molar-refractivity contribution in [2.24, 2.45) is 11.8 Å². The first-order valence-corrected chi connectivity index (χ1v) is 22.4. The van der Waals surface area contributed by atoms with Crippen molar-refractivity contribution >= 4 is 0 Å². The van der Waals surface area contributed by atoms with E-state index >= 15 is 0 Å². The summed E-state index contributed by atoms with van der Waals surface area (Å²) in [5.41, 5.74) is 2.90. The summed E-state index contributed by atoms with van der Waals surface area (Å²) in [6.07, 6.45) is 40.0. The Labute approximate surface area is 314 Å². The Morgan fingerprint density at radius 3 is 0.820 bits per heavy atom. The van der Waals surface area contributed by atoms with Gasteiger partial charge in [0.2, 0.25) is 0 Å². The first kappa shape index (κ1) is 44.6. The summed E-state index contributed by atoms with van der Waals surface area (Å²) in [6.45, 7) is 11.8. The maximum absolute atomic E-state index is 2.83. The summed E-state index contributed by atoms with van der Waals surface area (Å²) in [4.78, 5) is 2.83. The van der Waals surface area contributed by atoms with Crippen LogP contribution in [0, 0.1) is 11.8 Å². The Bertz CT molecular complexity index is 872. The molecular weight excluding hydrogens is 603 g/mol. The molecule has 0 aliphatic carbocycles. The van der Waals surface area contributed by atoms with Crippen LogP contribution in [0.15, 0.2) is 60.7 Å². The van der Waals surface area contributed by atoms with Crippen LogP contribution in [0.25, 0.3) is 0 Å². The molecule has 0 aromatic heterocycles. The molecule has 0 spiro atoms. The van der Waals surface area contributed by atoms with Gasteiger partial charge in [-0.3, -0.25) is 4.90 Å². The lowest BCUT2D eigenvalue weighted by molar-refractivity contribution is 0.214. The molecule has 0 aliphatic heterocycles. The minimum atomic E-state index is 0.364. The van der Waals surface area contributed by atoms with E-state index in [0.717, 1.165) is 11.8 Å². The van der Waals surface area contributed by atoms with Crippen LogP contribution < -0.4 is 0 Å². The Kier molecular flexibility index (Phi) is 28.6. The van der Waals surface area contributed by atoms with E-state index in [4.69, 9.17) is 0 Å².